The third-order valence-corrected chi connectivity index (χ3v) is 0.907. The van der Waals surface area contributed by atoms with Gasteiger partial charge < -0.3 is 15.2 Å². The maximum Gasteiger partial charge on any atom is 0.331 e. The molecule has 0 aliphatic heterocycles. The molecule has 0 fully saturated rings. The molecule has 0 aromatic rings. The Morgan fingerprint density at radius 2 is 2.60 bits per heavy atom. The van der Waals surface area contributed by atoms with E-state index in [1.807, 2.05) is 0 Å². The number of rotatable bonds is 3. The van der Waals surface area contributed by atoms with Crippen LogP contribution < -0.4 is 5.32 Å². The fourth-order valence-corrected chi connectivity index (χ4v) is 0.399. The van der Waals surface area contributed by atoms with Gasteiger partial charge in [-0.2, -0.15) is 5.26 Å². The summed E-state index contributed by atoms with van der Waals surface area (Å²) in [5, 5.41) is 18.5. The van der Waals surface area contributed by atoms with E-state index in [1.54, 1.807) is 0 Å². The molecule has 0 aromatic carbocycles. The van der Waals surface area contributed by atoms with Gasteiger partial charge in [0.1, 0.15) is 0 Å². The molecule has 0 aliphatic rings. The summed E-state index contributed by atoms with van der Waals surface area (Å²) >= 11 is 0. The highest BCUT2D eigenvalue weighted by Gasteiger charge is 2.15. The Balaban J connectivity index is 3.83. The second-order valence-corrected chi connectivity index (χ2v) is 1.51. The number of methoxy groups -OCH3 is 1. The molecular weight excluding hydrogens is 136 g/mol. The van der Waals surface area contributed by atoms with Gasteiger partial charge in [0.05, 0.1) is 13.7 Å². The number of carbonyl (C=O) groups is 1. The molecule has 0 amide bonds. The highest BCUT2D eigenvalue weighted by atomic mass is 16.5. The van der Waals surface area contributed by atoms with Crippen LogP contribution in [0.3, 0.4) is 0 Å². The zero-order valence-corrected chi connectivity index (χ0v) is 5.50. The molecule has 0 saturated heterocycles. The summed E-state index contributed by atoms with van der Waals surface area (Å²) in [6, 6.07) is -0.935. The highest BCUT2D eigenvalue weighted by molar-refractivity contribution is 5.75. The van der Waals surface area contributed by atoms with Gasteiger partial charge in [0, 0.05) is 0 Å². The van der Waals surface area contributed by atoms with E-state index in [0.717, 1.165) is 0 Å². The highest BCUT2D eigenvalue weighted by Crippen LogP contribution is 1.83. The first-order valence-corrected chi connectivity index (χ1v) is 2.59. The van der Waals surface area contributed by atoms with Crippen LogP contribution in [0.15, 0.2) is 0 Å². The Morgan fingerprint density at radius 1 is 2.00 bits per heavy atom. The summed E-state index contributed by atoms with van der Waals surface area (Å²) in [7, 11) is 1.18. The van der Waals surface area contributed by atoms with Crippen molar-refractivity contribution in [3.05, 3.63) is 0 Å². The van der Waals surface area contributed by atoms with Crippen molar-refractivity contribution in [1.82, 2.24) is 5.32 Å². The molecule has 0 aromatic heterocycles. The van der Waals surface area contributed by atoms with Gasteiger partial charge in [-0.15, -0.1) is 0 Å². The van der Waals surface area contributed by atoms with Gasteiger partial charge in [0.15, 0.2) is 12.2 Å². The minimum absolute atomic E-state index is 0.444. The zero-order valence-electron chi connectivity index (χ0n) is 5.50. The average Bonchev–Trinajstić information content (AvgIpc) is 1.99. The molecular formula is C5H8N2O3. The van der Waals surface area contributed by atoms with Crippen LogP contribution in [-0.2, 0) is 9.53 Å². The quantitative estimate of drug-likeness (QED) is 0.289. The van der Waals surface area contributed by atoms with Crippen LogP contribution in [0.1, 0.15) is 0 Å². The SMILES string of the molecule is COC(=O)C(CO)NC#N. The molecule has 5 nitrogen and oxygen atoms in total. The van der Waals surface area contributed by atoms with Crippen LogP contribution >= 0.6 is 0 Å². The number of aliphatic hydroxyl groups excluding tert-OH is 1. The van der Waals surface area contributed by atoms with E-state index >= 15 is 0 Å². The van der Waals surface area contributed by atoms with Crippen molar-refractivity contribution < 1.29 is 14.6 Å². The fourth-order valence-electron chi connectivity index (χ4n) is 0.399. The van der Waals surface area contributed by atoms with Gasteiger partial charge >= 0.3 is 5.97 Å². The van der Waals surface area contributed by atoms with E-state index in [2.05, 4.69) is 10.1 Å². The third kappa shape index (κ3) is 2.33. The number of hydrogen-bond acceptors (Lipinski definition) is 5. The maximum absolute atomic E-state index is 10.5. The molecule has 10 heavy (non-hydrogen) atoms. The summed E-state index contributed by atoms with van der Waals surface area (Å²) in [5.41, 5.74) is 0. The minimum atomic E-state index is -0.935. The van der Waals surface area contributed by atoms with Gasteiger partial charge in [-0.1, -0.05) is 0 Å². The summed E-state index contributed by atoms with van der Waals surface area (Å²) in [6.07, 6.45) is 1.52. The van der Waals surface area contributed by atoms with Gasteiger partial charge in [-0.05, 0) is 0 Å². The molecule has 0 heterocycles. The second-order valence-electron chi connectivity index (χ2n) is 1.51. The van der Waals surface area contributed by atoms with Gasteiger partial charge in [0.2, 0.25) is 0 Å². The molecule has 0 bridgehead atoms. The lowest BCUT2D eigenvalue weighted by Crippen LogP contribution is -2.37. The molecule has 0 saturated carbocycles. The van der Waals surface area contributed by atoms with Gasteiger partial charge in [-0.25, -0.2) is 4.79 Å². The Morgan fingerprint density at radius 3 is 2.90 bits per heavy atom. The first-order chi connectivity index (χ1) is 4.76. The Bertz CT molecular complexity index is 151. The number of nitriles is 1. The third-order valence-electron chi connectivity index (χ3n) is 0.907. The largest absolute Gasteiger partial charge is 0.467 e. The van der Waals surface area contributed by atoms with Crippen molar-refractivity contribution in [2.45, 2.75) is 6.04 Å². The number of nitrogens with one attached hydrogen (secondary N) is 1. The number of ether oxygens (including phenoxy) is 1. The van der Waals surface area contributed by atoms with E-state index in [1.165, 1.54) is 13.3 Å². The predicted molar refractivity (Wildman–Crippen MR) is 31.6 cm³/mol. The first kappa shape index (κ1) is 8.72. The summed E-state index contributed by atoms with van der Waals surface area (Å²) in [4.78, 5) is 10.5. The van der Waals surface area contributed by atoms with Crippen LogP contribution in [-0.4, -0.2) is 30.8 Å². The van der Waals surface area contributed by atoms with Crippen molar-refractivity contribution >= 4 is 5.97 Å². The van der Waals surface area contributed by atoms with Crippen molar-refractivity contribution in [1.29, 1.82) is 5.26 Å². The van der Waals surface area contributed by atoms with Crippen LogP contribution in [0.4, 0.5) is 0 Å². The summed E-state index contributed by atoms with van der Waals surface area (Å²) in [5.74, 6) is -0.649. The Hall–Kier alpha value is -1.28. The summed E-state index contributed by atoms with van der Waals surface area (Å²) < 4.78 is 4.24. The lowest BCUT2D eigenvalue weighted by atomic mass is 10.3. The van der Waals surface area contributed by atoms with Crippen molar-refractivity contribution in [2.24, 2.45) is 0 Å². The van der Waals surface area contributed by atoms with Crippen LogP contribution in [0.2, 0.25) is 0 Å². The normalized spacial score (nSPS) is 11.3. The van der Waals surface area contributed by atoms with E-state index in [0.29, 0.717) is 0 Å². The monoisotopic (exact) mass is 144 g/mol. The molecule has 0 spiro atoms. The molecule has 1 unspecified atom stereocenters. The molecule has 2 N–H and O–H groups in total. The number of hydrogen-bond donors (Lipinski definition) is 2. The molecule has 56 valence electrons. The van der Waals surface area contributed by atoms with Gasteiger partial charge in [-0.3, -0.25) is 0 Å². The van der Waals surface area contributed by atoms with Crippen molar-refractivity contribution in [3.63, 3.8) is 0 Å². The molecule has 0 aliphatic carbocycles. The smallest absolute Gasteiger partial charge is 0.331 e. The summed E-state index contributed by atoms with van der Waals surface area (Å²) in [6.45, 7) is -0.444. The lowest BCUT2D eigenvalue weighted by molar-refractivity contribution is -0.143. The van der Waals surface area contributed by atoms with E-state index in [-0.39, 0.29) is 0 Å². The van der Waals surface area contributed by atoms with Crippen molar-refractivity contribution in [3.8, 4) is 6.19 Å². The van der Waals surface area contributed by atoms with E-state index in [9.17, 15) is 4.79 Å². The minimum Gasteiger partial charge on any atom is -0.467 e. The van der Waals surface area contributed by atoms with Crippen molar-refractivity contribution in [2.75, 3.05) is 13.7 Å². The first-order valence-electron chi connectivity index (χ1n) is 2.59. The van der Waals surface area contributed by atoms with Gasteiger partial charge in [0.25, 0.3) is 0 Å². The lowest BCUT2D eigenvalue weighted by Gasteiger charge is -2.07. The second kappa shape index (κ2) is 4.58. The number of aliphatic hydroxyl groups is 1. The number of nitrogens with zero attached hydrogens (tertiary/aromatic N) is 1. The number of esters is 1. The molecule has 0 radical (unpaired) electrons. The molecule has 0 rings (SSSR count). The van der Waals surface area contributed by atoms with Crippen LogP contribution in [0.25, 0.3) is 0 Å². The van der Waals surface area contributed by atoms with Crippen LogP contribution in [0, 0.1) is 11.5 Å². The standard InChI is InChI=1S/C5H8N2O3/c1-10-5(9)4(2-8)7-3-6/h4,7-8H,2H2,1H3. The van der Waals surface area contributed by atoms with Crippen LogP contribution in [0.5, 0.6) is 0 Å². The average molecular weight is 144 g/mol. The molecule has 5 heteroatoms. The van der Waals surface area contributed by atoms with E-state index in [4.69, 9.17) is 10.4 Å². The Labute approximate surface area is 58.2 Å². The Kier molecular flexibility index (Phi) is 4.00. The maximum atomic E-state index is 10.5. The van der Waals surface area contributed by atoms with E-state index < -0.39 is 18.6 Å². The fraction of sp³-hybridized carbons (Fsp3) is 0.600. The molecule has 1 atom stereocenters. The predicted octanol–water partition coefficient (Wildman–Crippen LogP) is -1.41. The number of carbonyl (C=O) groups excluding carboxylic acids is 1. The topological polar surface area (TPSA) is 82.3 Å². The zero-order chi connectivity index (χ0) is 7.98.